The van der Waals surface area contributed by atoms with Gasteiger partial charge >= 0.3 is 11.9 Å². The van der Waals surface area contributed by atoms with Gasteiger partial charge in [-0.05, 0) is 36.5 Å². The van der Waals surface area contributed by atoms with Gasteiger partial charge in [0.2, 0.25) is 0 Å². The minimum absolute atomic E-state index is 0.0178. The fourth-order valence-corrected chi connectivity index (χ4v) is 4.04. The van der Waals surface area contributed by atoms with E-state index in [1.165, 1.54) is 70.3 Å². The summed E-state index contributed by atoms with van der Waals surface area (Å²) in [5.74, 6) is -2.31. The van der Waals surface area contributed by atoms with Crippen LogP contribution in [-0.2, 0) is 12.8 Å². The summed E-state index contributed by atoms with van der Waals surface area (Å²) < 4.78 is 0. The van der Waals surface area contributed by atoms with Crippen LogP contribution in [0.15, 0.2) is 12.1 Å². The Hall–Kier alpha value is -1.84. The summed E-state index contributed by atoms with van der Waals surface area (Å²) in [5.41, 5.74) is 1.60. The van der Waals surface area contributed by atoms with Crippen molar-refractivity contribution in [2.45, 2.75) is 110 Å². The SMILES string of the molecule is CCCCCCCCCCCCCCc1ccc(C(=O)O)c(C(=O)O)c1CCC. The van der Waals surface area contributed by atoms with Crippen molar-refractivity contribution >= 4 is 11.9 Å². The van der Waals surface area contributed by atoms with E-state index in [9.17, 15) is 19.8 Å². The predicted molar refractivity (Wildman–Crippen MR) is 119 cm³/mol. The van der Waals surface area contributed by atoms with E-state index in [1.54, 1.807) is 0 Å². The van der Waals surface area contributed by atoms with Crippen molar-refractivity contribution in [1.29, 1.82) is 0 Å². The molecule has 2 N–H and O–H groups in total. The third-order valence-electron chi connectivity index (χ3n) is 5.65. The van der Waals surface area contributed by atoms with Crippen molar-refractivity contribution in [3.8, 4) is 0 Å². The molecule has 1 rings (SSSR count). The summed E-state index contributed by atoms with van der Waals surface area (Å²) in [4.78, 5) is 23.1. The molecule has 0 aliphatic carbocycles. The Kier molecular flexibility index (Phi) is 13.1. The molecule has 0 aromatic heterocycles. The summed E-state index contributed by atoms with van der Waals surface area (Å²) >= 11 is 0. The van der Waals surface area contributed by atoms with Crippen LogP contribution in [0, 0.1) is 0 Å². The number of carboxylic acid groups (broad SMARTS) is 2. The first-order valence-electron chi connectivity index (χ1n) is 11.6. The van der Waals surface area contributed by atoms with Crippen LogP contribution in [0.3, 0.4) is 0 Å². The second-order valence-corrected chi connectivity index (χ2v) is 8.13. The molecule has 0 saturated heterocycles. The van der Waals surface area contributed by atoms with Gasteiger partial charge in [-0.2, -0.15) is 0 Å². The summed E-state index contributed by atoms with van der Waals surface area (Å²) in [7, 11) is 0. The van der Waals surface area contributed by atoms with Crippen molar-refractivity contribution in [2.24, 2.45) is 0 Å². The van der Waals surface area contributed by atoms with Gasteiger partial charge in [0.05, 0.1) is 11.1 Å². The summed E-state index contributed by atoms with van der Waals surface area (Å²) in [6.45, 7) is 4.24. The van der Waals surface area contributed by atoms with Gasteiger partial charge in [-0.3, -0.25) is 0 Å². The van der Waals surface area contributed by atoms with Crippen molar-refractivity contribution in [3.05, 3.63) is 34.4 Å². The first-order valence-corrected chi connectivity index (χ1v) is 11.6. The fraction of sp³-hybridized carbons (Fsp3) is 0.680. The summed E-state index contributed by atoms with van der Waals surface area (Å²) in [5, 5.41) is 18.9. The molecule has 0 heterocycles. The van der Waals surface area contributed by atoms with E-state index in [2.05, 4.69) is 6.92 Å². The number of carbonyl (C=O) groups is 2. The van der Waals surface area contributed by atoms with Gasteiger partial charge in [-0.15, -0.1) is 0 Å². The first-order chi connectivity index (χ1) is 14.0. The smallest absolute Gasteiger partial charge is 0.336 e. The molecule has 0 fully saturated rings. The van der Waals surface area contributed by atoms with E-state index in [4.69, 9.17) is 0 Å². The summed E-state index contributed by atoms with van der Waals surface area (Å²) in [6, 6.07) is 3.28. The molecule has 0 radical (unpaired) electrons. The van der Waals surface area contributed by atoms with Crippen molar-refractivity contribution in [1.82, 2.24) is 0 Å². The molecule has 0 aliphatic rings. The zero-order valence-electron chi connectivity index (χ0n) is 18.5. The average Bonchev–Trinajstić information content (AvgIpc) is 2.69. The number of benzene rings is 1. The molecule has 164 valence electrons. The summed E-state index contributed by atoms with van der Waals surface area (Å²) in [6.07, 6.45) is 17.7. The maximum atomic E-state index is 11.7. The Morgan fingerprint density at radius 2 is 1.17 bits per heavy atom. The highest BCUT2D eigenvalue weighted by Gasteiger charge is 2.22. The van der Waals surface area contributed by atoms with Gasteiger partial charge in [-0.25, -0.2) is 9.59 Å². The highest BCUT2D eigenvalue weighted by Crippen LogP contribution is 2.24. The quantitative estimate of drug-likeness (QED) is 0.267. The maximum absolute atomic E-state index is 11.7. The van der Waals surface area contributed by atoms with Crippen LogP contribution in [0.5, 0.6) is 0 Å². The van der Waals surface area contributed by atoms with Gasteiger partial charge in [-0.1, -0.05) is 97.0 Å². The molecule has 0 unspecified atom stereocenters. The van der Waals surface area contributed by atoms with Crippen LogP contribution >= 0.6 is 0 Å². The van der Waals surface area contributed by atoms with E-state index in [1.807, 2.05) is 13.0 Å². The average molecular weight is 405 g/mol. The van der Waals surface area contributed by atoms with Gasteiger partial charge in [0.1, 0.15) is 0 Å². The normalized spacial score (nSPS) is 11.0. The van der Waals surface area contributed by atoms with Crippen LogP contribution in [-0.4, -0.2) is 22.2 Å². The van der Waals surface area contributed by atoms with Crippen molar-refractivity contribution in [3.63, 3.8) is 0 Å². The molecule has 0 saturated carbocycles. The minimum atomic E-state index is -1.17. The van der Waals surface area contributed by atoms with E-state index in [-0.39, 0.29) is 11.1 Å². The van der Waals surface area contributed by atoms with Crippen LogP contribution < -0.4 is 0 Å². The van der Waals surface area contributed by atoms with E-state index in [0.29, 0.717) is 12.0 Å². The number of carboxylic acids is 2. The van der Waals surface area contributed by atoms with E-state index >= 15 is 0 Å². The third-order valence-corrected chi connectivity index (χ3v) is 5.65. The van der Waals surface area contributed by atoms with Crippen LogP contribution in [0.25, 0.3) is 0 Å². The van der Waals surface area contributed by atoms with Gasteiger partial charge < -0.3 is 10.2 Å². The number of aryl methyl sites for hydroxylation is 1. The zero-order valence-corrected chi connectivity index (χ0v) is 18.5. The Bertz CT molecular complexity index is 621. The Morgan fingerprint density at radius 3 is 1.62 bits per heavy atom. The molecular formula is C25H40O4. The lowest BCUT2D eigenvalue weighted by Gasteiger charge is -2.14. The second kappa shape index (κ2) is 15.1. The molecule has 4 heteroatoms. The lowest BCUT2D eigenvalue weighted by Crippen LogP contribution is -2.14. The maximum Gasteiger partial charge on any atom is 0.336 e. The van der Waals surface area contributed by atoms with Gasteiger partial charge in [0.25, 0.3) is 0 Å². The number of hydrogen-bond acceptors (Lipinski definition) is 2. The highest BCUT2D eigenvalue weighted by molar-refractivity contribution is 6.03. The van der Waals surface area contributed by atoms with Crippen LogP contribution in [0.1, 0.15) is 129 Å². The molecule has 4 nitrogen and oxygen atoms in total. The lowest BCUT2D eigenvalue weighted by atomic mass is 9.90. The molecule has 0 bridgehead atoms. The number of aromatic carboxylic acids is 2. The molecule has 0 aliphatic heterocycles. The standard InChI is InChI=1S/C25H40O4/c1-3-5-6-7-8-9-10-11-12-13-14-15-17-20-18-19-22(24(26)27)23(25(28)29)21(20)16-4-2/h18-19H,3-17H2,1-2H3,(H,26,27)(H,28,29). The van der Waals surface area contributed by atoms with Gasteiger partial charge in [0, 0.05) is 0 Å². The number of hydrogen-bond donors (Lipinski definition) is 2. The predicted octanol–water partition coefficient (Wildman–Crippen LogP) is 7.28. The monoisotopic (exact) mass is 404 g/mol. The number of unbranched alkanes of at least 4 members (excludes halogenated alkanes) is 11. The fourth-order valence-electron chi connectivity index (χ4n) is 4.04. The topological polar surface area (TPSA) is 74.6 Å². The zero-order chi connectivity index (χ0) is 21.5. The molecular weight excluding hydrogens is 364 g/mol. The molecule has 0 atom stereocenters. The van der Waals surface area contributed by atoms with Crippen LogP contribution in [0.4, 0.5) is 0 Å². The second-order valence-electron chi connectivity index (χ2n) is 8.13. The van der Waals surface area contributed by atoms with Crippen molar-refractivity contribution < 1.29 is 19.8 Å². The molecule has 29 heavy (non-hydrogen) atoms. The van der Waals surface area contributed by atoms with E-state index < -0.39 is 11.9 Å². The van der Waals surface area contributed by atoms with Gasteiger partial charge in [0.15, 0.2) is 0 Å². The van der Waals surface area contributed by atoms with E-state index in [0.717, 1.165) is 31.2 Å². The molecule has 0 amide bonds. The van der Waals surface area contributed by atoms with Crippen LogP contribution in [0.2, 0.25) is 0 Å². The minimum Gasteiger partial charge on any atom is -0.478 e. The highest BCUT2D eigenvalue weighted by atomic mass is 16.4. The lowest BCUT2D eigenvalue weighted by molar-refractivity contribution is 0.0650. The first kappa shape index (κ1) is 25.2. The van der Waals surface area contributed by atoms with Crippen molar-refractivity contribution in [2.75, 3.05) is 0 Å². The number of rotatable bonds is 17. The molecule has 0 spiro atoms. The molecule has 1 aromatic rings. The Balaban J connectivity index is 2.40. The Labute approximate surface area is 176 Å². The molecule has 1 aromatic carbocycles. The Morgan fingerprint density at radius 1 is 0.655 bits per heavy atom. The third kappa shape index (κ3) is 9.47. The largest absolute Gasteiger partial charge is 0.478 e.